The molecule has 218 valence electrons. The Morgan fingerprint density at radius 2 is 1.75 bits per heavy atom. The molecule has 1 saturated heterocycles. The van der Waals surface area contributed by atoms with Crippen LogP contribution in [0, 0.1) is 22.7 Å². The third kappa shape index (κ3) is 4.91. The molecule has 1 aliphatic heterocycles. The van der Waals surface area contributed by atoms with E-state index in [1.807, 2.05) is 39.0 Å². The Bertz CT molecular complexity index is 1350. The number of carbonyl (C=O) groups excluding carboxylic acids is 1. The molecule has 1 aromatic carbocycles. The van der Waals surface area contributed by atoms with Crippen molar-refractivity contribution in [3.8, 4) is 5.75 Å². The number of Topliss-reactive ketones (excluding diaryl/α,β-unsaturated/α-hetero) is 1. The van der Waals surface area contributed by atoms with E-state index in [4.69, 9.17) is 18.6 Å². The quantitative estimate of drug-likeness (QED) is 0.305. The molecule has 4 N–H and O–H groups in total. The van der Waals surface area contributed by atoms with Crippen molar-refractivity contribution in [3.63, 3.8) is 0 Å². The van der Waals surface area contributed by atoms with Crippen molar-refractivity contribution in [3.05, 3.63) is 52.4 Å². The minimum absolute atomic E-state index is 0.0852. The number of benzene rings is 1. The zero-order valence-corrected chi connectivity index (χ0v) is 23.1. The van der Waals surface area contributed by atoms with Crippen LogP contribution in [0.1, 0.15) is 40.5 Å². The van der Waals surface area contributed by atoms with Crippen molar-refractivity contribution >= 4 is 16.8 Å². The molecule has 1 saturated carbocycles. The van der Waals surface area contributed by atoms with Gasteiger partial charge in [-0.15, -0.1) is 0 Å². The van der Waals surface area contributed by atoms with Crippen LogP contribution in [0.5, 0.6) is 5.75 Å². The first-order chi connectivity index (χ1) is 18.9. The maximum Gasteiger partial charge on any atom is 0.336 e. The first-order valence-electron chi connectivity index (χ1n) is 13.7. The number of carbonyl (C=O) groups is 1. The van der Waals surface area contributed by atoms with Crippen LogP contribution in [-0.4, -0.2) is 76.2 Å². The topological polar surface area (TPSA) is 156 Å². The van der Waals surface area contributed by atoms with E-state index in [2.05, 4.69) is 6.92 Å². The van der Waals surface area contributed by atoms with E-state index >= 15 is 0 Å². The van der Waals surface area contributed by atoms with Crippen LogP contribution in [0.4, 0.5) is 0 Å². The Balaban J connectivity index is 1.45. The van der Waals surface area contributed by atoms with Gasteiger partial charge in [0.2, 0.25) is 0 Å². The summed E-state index contributed by atoms with van der Waals surface area (Å²) in [5.74, 6) is 0.244. The summed E-state index contributed by atoms with van der Waals surface area (Å²) < 4.78 is 23.5. The Hall–Kier alpha value is -2.60. The van der Waals surface area contributed by atoms with Gasteiger partial charge in [-0.3, -0.25) is 4.79 Å². The van der Waals surface area contributed by atoms with Crippen molar-refractivity contribution in [2.24, 2.45) is 22.7 Å². The first-order valence-corrected chi connectivity index (χ1v) is 13.7. The fourth-order valence-electron chi connectivity index (χ4n) is 7.11. The fraction of sp³-hybridized carbons (Fsp3) is 0.600. The van der Waals surface area contributed by atoms with Gasteiger partial charge in [-0.2, -0.15) is 0 Å². The van der Waals surface area contributed by atoms with Crippen LogP contribution in [0.3, 0.4) is 0 Å². The van der Waals surface area contributed by atoms with Crippen LogP contribution in [0.25, 0.3) is 11.0 Å². The lowest BCUT2D eigenvalue weighted by atomic mass is 9.47. The van der Waals surface area contributed by atoms with Gasteiger partial charge in [0.25, 0.3) is 0 Å². The van der Waals surface area contributed by atoms with E-state index in [0.29, 0.717) is 30.8 Å². The summed E-state index contributed by atoms with van der Waals surface area (Å²) in [5.41, 5.74) is -0.259. The van der Waals surface area contributed by atoms with Crippen molar-refractivity contribution in [1.82, 2.24) is 0 Å². The molecule has 3 aliphatic rings. The van der Waals surface area contributed by atoms with Gasteiger partial charge < -0.3 is 39.1 Å². The molecule has 0 amide bonds. The normalized spacial score (nSPS) is 37.6. The summed E-state index contributed by atoms with van der Waals surface area (Å²) in [6.45, 7) is 7.65. The molecule has 0 radical (unpaired) electrons. The second-order valence-electron chi connectivity index (χ2n) is 12.2. The molecule has 5 rings (SSSR count). The zero-order valence-electron chi connectivity index (χ0n) is 23.1. The van der Waals surface area contributed by atoms with Crippen LogP contribution < -0.4 is 10.4 Å². The predicted octanol–water partition coefficient (Wildman–Crippen LogP) is 1.94. The van der Waals surface area contributed by atoms with Crippen LogP contribution >= 0.6 is 0 Å². The summed E-state index contributed by atoms with van der Waals surface area (Å²) in [6, 6.07) is 8.41. The van der Waals surface area contributed by atoms with Gasteiger partial charge in [-0.25, -0.2) is 4.79 Å². The van der Waals surface area contributed by atoms with Crippen LogP contribution in [0.2, 0.25) is 0 Å². The molecule has 10 nitrogen and oxygen atoms in total. The van der Waals surface area contributed by atoms with Gasteiger partial charge in [0.1, 0.15) is 41.5 Å². The van der Waals surface area contributed by atoms with E-state index < -0.39 is 59.9 Å². The van der Waals surface area contributed by atoms with Gasteiger partial charge in [0.15, 0.2) is 6.29 Å². The Morgan fingerprint density at radius 3 is 2.48 bits per heavy atom. The maximum absolute atomic E-state index is 13.2. The molecule has 10 heteroatoms. The standard InChI is InChI=1S/C30H38O10/c1-15-11-20(39-28-26(36)25(35)24(34)21(13-31)40-28)27-29(2,3)22(32)9-10-30(27,4)18(15)14-37-17-7-5-16-6-8-23(33)38-19(16)12-17/h5-8,11-12,18,20-21,24-28,31,34-36H,9-10,13-14H2,1-4H3/t18-,20-,21-,24-,25+,26-,27?,28-,30+/m1/s1. The molecule has 2 aromatic rings. The summed E-state index contributed by atoms with van der Waals surface area (Å²) >= 11 is 0. The van der Waals surface area contributed by atoms with Crippen molar-refractivity contribution in [2.75, 3.05) is 13.2 Å². The van der Waals surface area contributed by atoms with Gasteiger partial charge in [-0.1, -0.05) is 32.4 Å². The van der Waals surface area contributed by atoms with Crippen molar-refractivity contribution in [2.45, 2.75) is 77.3 Å². The zero-order chi connectivity index (χ0) is 29.0. The molecule has 40 heavy (non-hydrogen) atoms. The summed E-state index contributed by atoms with van der Waals surface area (Å²) in [6.07, 6.45) is -4.76. The highest BCUT2D eigenvalue weighted by atomic mass is 16.7. The predicted molar refractivity (Wildman–Crippen MR) is 143 cm³/mol. The highest BCUT2D eigenvalue weighted by Gasteiger charge is 2.60. The average molecular weight is 559 g/mol. The van der Waals surface area contributed by atoms with Gasteiger partial charge >= 0.3 is 5.63 Å². The van der Waals surface area contributed by atoms with Crippen LogP contribution in [0.15, 0.2) is 51.2 Å². The highest BCUT2D eigenvalue weighted by Crippen LogP contribution is 2.59. The molecule has 2 fully saturated rings. The minimum Gasteiger partial charge on any atom is -0.493 e. The largest absolute Gasteiger partial charge is 0.493 e. The van der Waals surface area contributed by atoms with Gasteiger partial charge in [0, 0.05) is 41.2 Å². The number of ketones is 1. The third-order valence-electron chi connectivity index (χ3n) is 9.35. The van der Waals surface area contributed by atoms with E-state index in [1.54, 1.807) is 12.1 Å². The smallest absolute Gasteiger partial charge is 0.336 e. The Morgan fingerprint density at radius 1 is 1.02 bits per heavy atom. The molecule has 2 heterocycles. The molecule has 0 bridgehead atoms. The number of hydrogen-bond donors (Lipinski definition) is 4. The van der Waals surface area contributed by atoms with Gasteiger partial charge in [-0.05, 0) is 37.0 Å². The monoisotopic (exact) mass is 558 g/mol. The highest BCUT2D eigenvalue weighted by molar-refractivity contribution is 5.85. The summed E-state index contributed by atoms with van der Waals surface area (Å²) in [5, 5.41) is 41.5. The Kier molecular flexibility index (Phi) is 7.71. The van der Waals surface area contributed by atoms with Gasteiger partial charge in [0.05, 0.1) is 19.3 Å². The lowest BCUT2D eigenvalue weighted by molar-refractivity contribution is -0.317. The summed E-state index contributed by atoms with van der Waals surface area (Å²) in [4.78, 5) is 24.9. The van der Waals surface area contributed by atoms with E-state index in [-0.39, 0.29) is 17.6 Å². The summed E-state index contributed by atoms with van der Waals surface area (Å²) in [7, 11) is 0. The van der Waals surface area contributed by atoms with Crippen LogP contribution in [-0.2, 0) is 14.3 Å². The number of fused-ring (bicyclic) bond motifs is 2. The SMILES string of the molecule is CC1=C[C@@H](O[C@@H]2O[C@H](CO)[C@@H](O)[C@H](O)[C@H]2O)C2C(C)(C)C(=O)CC[C@@]2(C)[C@@H]1COc1ccc2ccc(=O)oc2c1. The number of aliphatic hydroxyl groups excluding tert-OH is 4. The molecule has 0 spiro atoms. The minimum atomic E-state index is -1.57. The molecule has 1 aromatic heterocycles. The van der Waals surface area contributed by atoms with E-state index in [9.17, 15) is 30.0 Å². The lowest BCUT2D eigenvalue weighted by Gasteiger charge is -2.58. The molecule has 2 aliphatic carbocycles. The fourth-order valence-corrected chi connectivity index (χ4v) is 7.11. The van der Waals surface area contributed by atoms with Crippen molar-refractivity contribution < 1.29 is 43.8 Å². The lowest BCUT2D eigenvalue weighted by Crippen LogP contribution is -2.62. The average Bonchev–Trinajstić information content (AvgIpc) is 2.90. The maximum atomic E-state index is 13.2. The second kappa shape index (κ2) is 10.7. The van der Waals surface area contributed by atoms with Crippen molar-refractivity contribution in [1.29, 1.82) is 0 Å². The van der Waals surface area contributed by atoms with E-state index in [0.717, 1.165) is 11.0 Å². The number of rotatable bonds is 6. The molecular weight excluding hydrogens is 520 g/mol. The molecule has 1 unspecified atom stereocenters. The second-order valence-corrected chi connectivity index (χ2v) is 12.2. The number of aliphatic hydroxyl groups is 4. The number of hydrogen-bond acceptors (Lipinski definition) is 10. The third-order valence-corrected chi connectivity index (χ3v) is 9.35. The Labute approximate surface area is 232 Å². The molecule has 9 atom stereocenters. The number of ether oxygens (including phenoxy) is 3. The first kappa shape index (κ1) is 28.9. The molecular formula is C30H38O10. The van der Waals surface area contributed by atoms with E-state index in [1.165, 1.54) is 6.07 Å².